The smallest absolute Gasteiger partial charge is 0.469 e. The van der Waals surface area contributed by atoms with Crippen molar-refractivity contribution in [3.05, 3.63) is 50.1 Å². The molecule has 0 unspecified atom stereocenters. The van der Waals surface area contributed by atoms with Gasteiger partial charge in [0.1, 0.15) is 0 Å². The van der Waals surface area contributed by atoms with Gasteiger partial charge in [0.15, 0.2) is 5.52 Å². The van der Waals surface area contributed by atoms with Crippen LogP contribution in [0.25, 0.3) is 16.9 Å². The fourth-order valence-electron chi connectivity index (χ4n) is 3.20. The van der Waals surface area contributed by atoms with E-state index in [-0.39, 0.29) is 27.2 Å². The highest BCUT2D eigenvalue weighted by Gasteiger charge is 2.43. The summed E-state index contributed by atoms with van der Waals surface area (Å²) in [4.78, 5) is 57.9. The van der Waals surface area contributed by atoms with E-state index in [9.17, 15) is 32.3 Å². The van der Waals surface area contributed by atoms with Gasteiger partial charge in [-0.25, -0.2) is 9.59 Å². The first-order valence-electron chi connectivity index (χ1n) is 10.3. The minimum Gasteiger partial charge on any atom is -0.469 e. The molecule has 1 aliphatic heterocycles. The van der Waals surface area contributed by atoms with Crippen molar-refractivity contribution in [3.8, 4) is 5.69 Å². The molecule has 2 aromatic heterocycles. The molecular formula is C20H20ClF3N6O6. The van der Waals surface area contributed by atoms with Crippen LogP contribution < -0.4 is 26.3 Å². The Balaban J connectivity index is 0.000000658. The first kappa shape index (κ1) is 26.7. The molecule has 0 aliphatic carbocycles. The number of ether oxygens (including phenoxy) is 1. The number of nitrogens with zero attached hydrogens (tertiary/aromatic N) is 4. The highest BCUT2D eigenvalue weighted by atomic mass is 35.5. The standard InChI is InChI=1S/C17H14ClF3N6O4.C3H6O2/c18-9-3-1-2-4-10(9)26-11-12(23-15(26)25-7-5-22-6-8-25)27(16(30)24-13(11)28)31-14(29)17(19,20)21;1-3(4)5-2/h1-4,22H,5-8H2,(H,24,28,30);1-2H3. The minimum atomic E-state index is -5.37. The van der Waals surface area contributed by atoms with E-state index >= 15 is 0 Å². The van der Waals surface area contributed by atoms with E-state index in [0.717, 1.165) is 0 Å². The number of rotatable bonds is 3. The van der Waals surface area contributed by atoms with E-state index in [0.29, 0.717) is 31.9 Å². The first-order chi connectivity index (χ1) is 17.0. The summed E-state index contributed by atoms with van der Waals surface area (Å²) in [5, 5.41) is 3.37. The molecule has 3 heterocycles. The van der Waals surface area contributed by atoms with Gasteiger partial charge in [0.25, 0.3) is 5.56 Å². The number of H-pyrrole nitrogens is 1. The molecule has 0 saturated carbocycles. The molecule has 0 spiro atoms. The van der Waals surface area contributed by atoms with Crippen molar-refractivity contribution in [2.45, 2.75) is 13.1 Å². The lowest BCUT2D eigenvalue weighted by Crippen LogP contribution is -2.44. The number of methoxy groups -OCH3 is 1. The molecule has 194 valence electrons. The number of piperazine rings is 1. The maximum absolute atomic E-state index is 12.7. The number of aromatic amines is 1. The lowest BCUT2D eigenvalue weighted by atomic mass is 10.3. The summed E-state index contributed by atoms with van der Waals surface area (Å²) in [5.74, 6) is -2.73. The minimum absolute atomic E-state index is 0.0194. The Hall–Kier alpha value is -3.85. The number of alkyl halides is 3. The molecule has 0 amide bonds. The molecule has 1 fully saturated rings. The van der Waals surface area contributed by atoms with Crippen molar-refractivity contribution in [2.24, 2.45) is 0 Å². The van der Waals surface area contributed by atoms with Crippen LogP contribution in [-0.4, -0.2) is 70.7 Å². The van der Waals surface area contributed by atoms with Gasteiger partial charge in [-0.1, -0.05) is 28.5 Å². The number of halogens is 4. The fourth-order valence-corrected chi connectivity index (χ4v) is 3.42. The third-order valence-electron chi connectivity index (χ3n) is 4.84. The van der Waals surface area contributed by atoms with Crippen LogP contribution >= 0.6 is 11.6 Å². The van der Waals surface area contributed by atoms with Gasteiger partial charge in [-0.05, 0) is 12.1 Å². The second-order valence-corrected chi connectivity index (χ2v) is 7.64. The molecule has 0 bridgehead atoms. The van der Waals surface area contributed by atoms with Gasteiger partial charge >= 0.3 is 23.8 Å². The number of esters is 1. The van der Waals surface area contributed by atoms with Crippen LogP contribution in [-0.2, 0) is 14.3 Å². The summed E-state index contributed by atoms with van der Waals surface area (Å²) in [6.45, 7) is 3.44. The van der Waals surface area contributed by atoms with Crippen LogP contribution in [0.3, 0.4) is 0 Å². The summed E-state index contributed by atoms with van der Waals surface area (Å²) in [6.07, 6.45) is -5.37. The van der Waals surface area contributed by atoms with E-state index in [1.54, 1.807) is 29.2 Å². The van der Waals surface area contributed by atoms with E-state index in [2.05, 4.69) is 19.9 Å². The molecule has 4 rings (SSSR count). The third kappa shape index (κ3) is 5.68. The Morgan fingerprint density at radius 3 is 2.31 bits per heavy atom. The molecule has 36 heavy (non-hydrogen) atoms. The molecule has 2 N–H and O–H groups in total. The molecule has 1 aromatic carbocycles. The van der Waals surface area contributed by atoms with Crippen LogP contribution in [0.15, 0.2) is 33.9 Å². The Kier molecular flexibility index (Phi) is 8.04. The lowest BCUT2D eigenvalue weighted by Gasteiger charge is -2.28. The van der Waals surface area contributed by atoms with Crippen LogP contribution in [0.2, 0.25) is 5.02 Å². The van der Waals surface area contributed by atoms with Gasteiger partial charge in [0.2, 0.25) is 11.6 Å². The number of carbonyl (C=O) groups excluding carboxylic acids is 2. The summed E-state index contributed by atoms with van der Waals surface area (Å²) >= 11 is 6.30. The number of nitrogens with one attached hydrogen (secondary N) is 2. The number of fused-ring (bicyclic) bond motifs is 1. The van der Waals surface area contributed by atoms with Gasteiger partial charge in [-0.2, -0.15) is 18.2 Å². The highest BCUT2D eigenvalue weighted by molar-refractivity contribution is 6.32. The summed E-state index contributed by atoms with van der Waals surface area (Å²) < 4.78 is 43.6. The van der Waals surface area contributed by atoms with Crippen molar-refractivity contribution < 1.29 is 32.3 Å². The van der Waals surface area contributed by atoms with Crippen molar-refractivity contribution in [1.29, 1.82) is 0 Å². The predicted octanol–water partition coefficient (Wildman–Crippen LogP) is 0.635. The number of benzene rings is 1. The zero-order chi connectivity index (χ0) is 26.6. The number of para-hydroxylation sites is 1. The van der Waals surface area contributed by atoms with Crippen LogP contribution in [0.5, 0.6) is 0 Å². The molecule has 1 aliphatic rings. The second-order valence-electron chi connectivity index (χ2n) is 7.23. The molecule has 0 radical (unpaired) electrons. The number of hydrogen-bond acceptors (Lipinski definition) is 9. The van der Waals surface area contributed by atoms with Gasteiger partial charge in [0, 0.05) is 33.1 Å². The topological polar surface area (TPSA) is 141 Å². The Morgan fingerprint density at radius 2 is 1.75 bits per heavy atom. The Morgan fingerprint density at radius 1 is 1.14 bits per heavy atom. The second kappa shape index (κ2) is 10.8. The van der Waals surface area contributed by atoms with Crippen molar-refractivity contribution >= 4 is 40.7 Å². The van der Waals surface area contributed by atoms with E-state index < -0.39 is 29.0 Å². The molecule has 3 aromatic rings. The van der Waals surface area contributed by atoms with E-state index in [4.69, 9.17) is 11.6 Å². The number of anilines is 1. The van der Waals surface area contributed by atoms with Crippen LogP contribution in [0.4, 0.5) is 19.1 Å². The summed E-state index contributed by atoms with van der Waals surface area (Å²) in [6, 6.07) is 6.42. The summed E-state index contributed by atoms with van der Waals surface area (Å²) in [5.41, 5.74) is -2.88. The number of carbonyl (C=O) groups is 2. The quantitative estimate of drug-likeness (QED) is 0.465. The number of hydrogen-bond donors (Lipinski definition) is 2. The van der Waals surface area contributed by atoms with Crippen LogP contribution in [0, 0.1) is 0 Å². The fraction of sp³-hybridized carbons (Fsp3) is 0.350. The molecule has 12 nitrogen and oxygen atoms in total. The van der Waals surface area contributed by atoms with Gasteiger partial charge in [-0.15, -0.1) is 0 Å². The largest absolute Gasteiger partial charge is 0.493 e. The normalized spacial score (nSPS) is 13.7. The Labute approximate surface area is 205 Å². The SMILES string of the molecule is COC(C)=O.O=C(On1c(=O)[nH]c(=O)c2c1nc(N1CCNCC1)n2-c1ccccc1Cl)C(F)(F)F. The molecule has 0 atom stereocenters. The van der Waals surface area contributed by atoms with E-state index in [1.807, 2.05) is 4.98 Å². The van der Waals surface area contributed by atoms with Crippen molar-refractivity contribution in [1.82, 2.24) is 24.6 Å². The molecule has 1 saturated heterocycles. The van der Waals surface area contributed by atoms with Gasteiger partial charge < -0.3 is 19.8 Å². The zero-order valence-electron chi connectivity index (χ0n) is 18.9. The number of aromatic nitrogens is 4. The molecular weight excluding hydrogens is 513 g/mol. The average molecular weight is 533 g/mol. The Bertz CT molecular complexity index is 1390. The van der Waals surface area contributed by atoms with E-state index in [1.165, 1.54) is 18.6 Å². The monoisotopic (exact) mass is 532 g/mol. The van der Waals surface area contributed by atoms with Crippen molar-refractivity contribution in [3.63, 3.8) is 0 Å². The maximum Gasteiger partial charge on any atom is 0.493 e. The lowest BCUT2D eigenvalue weighted by molar-refractivity contribution is -0.199. The van der Waals surface area contributed by atoms with Gasteiger partial charge in [0.05, 0.1) is 17.8 Å². The average Bonchev–Trinajstić information content (AvgIpc) is 3.23. The number of imidazole rings is 1. The highest BCUT2D eigenvalue weighted by Crippen LogP contribution is 2.29. The maximum atomic E-state index is 12.7. The predicted molar refractivity (Wildman–Crippen MR) is 121 cm³/mol. The van der Waals surface area contributed by atoms with Crippen molar-refractivity contribution in [2.75, 3.05) is 38.2 Å². The first-order valence-corrected chi connectivity index (χ1v) is 10.7. The van der Waals surface area contributed by atoms with Gasteiger partial charge in [-0.3, -0.25) is 19.1 Å². The van der Waals surface area contributed by atoms with Crippen LogP contribution in [0.1, 0.15) is 6.92 Å². The summed E-state index contributed by atoms with van der Waals surface area (Å²) in [7, 11) is 1.35. The third-order valence-corrected chi connectivity index (χ3v) is 5.16. The zero-order valence-corrected chi connectivity index (χ0v) is 19.6. The molecule has 16 heteroatoms.